The number of aryl methyl sites for hydroxylation is 1. The van der Waals surface area contributed by atoms with Gasteiger partial charge in [-0.25, -0.2) is 0 Å². The lowest BCUT2D eigenvalue weighted by Gasteiger charge is -2.41. The summed E-state index contributed by atoms with van der Waals surface area (Å²) in [4.78, 5) is 15.2. The summed E-state index contributed by atoms with van der Waals surface area (Å²) in [6.07, 6.45) is 5.94. The predicted molar refractivity (Wildman–Crippen MR) is 108 cm³/mol. The fourth-order valence-electron chi connectivity index (χ4n) is 4.69. The number of ether oxygens (including phenoxy) is 1. The summed E-state index contributed by atoms with van der Waals surface area (Å²) in [5.74, 6) is 0.984. The molecule has 0 spiro atoms. The number of amides is 1. The maximum atomic E-state index is 12.8. The monoisotopic (exact) mass is 386 g/mol. The Bertz CT molecular complexity index is 838. The van der Waals surface area contributed by atoms with Crippen LogP contribution in [0.5, 0.6) is 5.75 Å². The molecule has 2 aliphatic rings. The van der Waals surface area contributed by atoms with E-state index < -0.39 is 0 Å². The smallest absolute Gasteiger partial charge is 0.287 e. The van der Waals surface area contributed by atoms with E-state index >= 15 is 0 Å². The number of fused-ring (bicyclic) bond motifs is 1. The highest BCUT2D eigenvalue weighted by atomic mass is 16.5. The van der Waals surface area contributed by atoms with E-state index in [1.54, 1.807) is 7.11 Å². The van der Waals surface area contributed by atoms with Crippen molar-refractivity contribution in [3.8, 4) is 5.75 Å². The van der Waals surface area contributed by atoms with Crippen LogP contribution < -0.4 is 10.1 Å². The molecule has 1 saturated carbocycles. The van der Waals surface area contributed by atoms with Gasteiger partial charge in [-0.1, -0.05) is 12.8 Å². The zero-order chi connectivity index (χ0) is 19.7. The highest BCUT2D eigenvalue weighted by Gasteiger charge is 2.32. The molecule has 4 rings (SSSR count). The molecule has 0 bridgehead atoms. The van der Waals surface area contributed by atoms with Crippen molar-refractivity contribution in [2.75, 3.05) is 20.2 Å². The number of rotatable bonds is 4. The quantitative estimate of drug-likeness (QED) is 0.844. The lowest BCUT2D eigenvalue weighted by atomic mass is 9.89. The number of aliphatic hydroxyl groups excluding tert-OH is 1. The van der Waals surface area contributed by atoms with Crippen LogP contribution in [0, 0.1) is 6.92 Å². The van der Waals surface area contributed by atoms with Gasteiger partial charge >= 0.3 is 0 Å². The molecular formula is C22H30N2O4. The first-order chi connectivity index (χ1) is 13.6. The molecule has 2 N–H and O–H groups in total. The first kappa shape index (κ1) is 19.3. The molecule has 2 heterocycles. The SMILES string of the molecule is COc1ccc2oc(C(=O)NC3CCN(C4CCCCC4O)CC3)c(C)c2c1. The Balaban J connectivity index is 1.38. The van der Waals surface area contributed by atoms with E-state index in [1.165, 1.54) is 6.42 Å². The Morgan fingerprint density at radius 2 is 1.96 bits per heavy atom. The fourth-order valence-corrected chi connectivity index (χ4v) is 4.69. The van der Waals surface area contributed by atoms with Crippen molar-refractivity contribution in [1.29, 1.82) is 0 Å². The van der Waals surface area contributed by atoms with Gasteiger partial charge in [0.15, 0.2) is 5.76 Å². The number of carbonyl (C=O) groups excluding carboxylic acids is 1. The summed E-state index contributed by atoms with van der Waals surface area (Å²) in [6.45, 7) is 3.75. The molecule has 1 aliphatic carbocycles. The number of furan rings is 1. The molecule has 6 heteroatoms. The molecule has 2 unspecified atom stereocenters. The molecule has 28 heavy (non-hydrogen) atoms. The van der Waals surface area contributed by atoms with E-state index in [0.717, 1.165) is 61.9 Å². The third kappa shape index (κ3) is 3.76. The van der Waals surface area contributed by atoms with Gasteiger partial charge in [0.1, 0.15) is 11.3 Å². The summed E-state index contributed by atoms with van der Waals surface area (Å²) >= 11 is 0. The second kappa shape index (κ2) is 8.13. The minimum Gasteiger partial charge on any atom is -0.497 e. The van der Waals surface area contributed by atoms with E-state index in [-0.39, 0.29) is 24.1 Å². The van der Waals surface area contributed by atoms with Gasteiger partial charge in [0.2, 0.25) is 0 Å². The van der Waals surface area contributed by atoms with E-state index in [2.05, 4.69) is 10.2 Å². The number of benzene rings is 1. The van der Waals surface area contributed by atoms with Crippen LogP contribution in [0.2, 0.25) is 0 Å². The van der Waals surface area contributed by atoms with Crippen molar-refractivity contribution in [2.45, 2.75) is 63.6 Å². The third-order valence-electron chi connectivity index (χ3n) is 6.38. The number of carbonyl (C=O) groups is 1. The second-order valence-electron chi connectivity index (χ2n) is 8.12. The topological polar surface area (TPSA) is 74.9 Å². The molecular weight excluding hydrogens is 356 g/mol. The Morgan fingerprint density at radius 1 is 1.21 bits per heavy atom. The number of aliphatic hydroxyl groups is 1. The zero-order valence-electron chi connectivity index (χ0n) is 16.7. The van der Waals surface area contributed by atoms with E-state index in [0.29, 0.717) is 11.3 Å². The molecule has 0 radical (unpaired) electrons. The first-order valence-corrected chi connectivity index (χ1v) is 10.4. The van der Waals surface area contributed by atoms with Crippen molar-refractivity contribution < 1.29 is 19.1 Å². The van der Waals surface area contributed by atoms with Crippen LogP contribution in [-0.4, -0.2) is 54.3 Å². The normalized spacial score (nSPS) is 24.4. The lowest BCUT2D eigenvalue weighted by molar-refractivity contribution is 0.00721. The lowest BCUT2D eigenvalue weighted by Crippen LogP contribution is -2.52. The highest BCUT2D eigenvalue weighted by molar-refractivity contribution is 5.99. The highest BCUT2D eigenvalue weighted by Crippen LogP contribution is 2.29. The van der Waals surface area contributed by atoms with Crippen molar-refractivity contribution in [3.63, 3.8) is 0 Å². The Kier molecular flexibility index (Phi) is 5.60. The molecule has 6 nitrogen and oxygen atoms in total. The first-order valence-electron chi connectivity index (χ1n) is 10.4. The van der Waals surface area contributed by atoms with Crippen LogP contribution in [0.1, 0.15) is 54.6 Å². The predicted octanol–water partition coefficient (Wildman–Crippen LogP) is 3.25. The van der Waals surface area contributed by atoms with Gasteiger partial charge in [-0.05, 0) is 50.8 Å². The van der Waals surface area contributed by atoms with Gasteiger partial charge in [0, 0.05) is 36.1 Å². The van der Waals surface area contributed by atoms with Gasteiger partial charge in [0.05, 0.1) is 13.2 Å². The van der Waals surface area contributed by atoms with Crippen molar-refractivity contribution in [2.24, 2.45) is 0 Å². The van der Waals surface area contributed by atoms with Crippen molar-refractivity contribution in [1.82, 2.24) is 10.2 Å². The minimum absolute atomic E-state index is 0.145. The molecule has 1 aromatic carbocycles. The summed E-state index contributed by atoms with van der Waals surface area (Å²) in [5, 5.41) is 14.3. The summed E-state index contributed by atoms with van der Waals surface area (Å²) in [6, 6.07) is 6.01. The maximum absolute atomic E-state index is 12.8. The number of hydrogen-bond donors (Lipinski definition) is 2. The van der Waals surface area contributed by atoms with Gasteiger partial charge in [-0.2, -0.15) is 0 Å². The average molecular weight is 386 g/mol. The minimum atomic E-state index is -0.199. The Morgan fingerprint density at radius 3 is 2.68 bits per heavy atom. The molecule has 1 amide bonds. The largest absolute Gasteiger partial charge is 0.497 e. The van der Waals surface area contributed by atoms with Crippen LogP contribution in [0.4, 0.5) is 0 Å². The molecule has 2 fully saturated rings. The van der Waals surface area contributed by atoms with E-state index in [1.807, 2.05) is 25.1 Å². The number of likely N-dealkylation sites (tertiary alicyclic amines) is 1. The van der Waals surface area contributed by atoms with Gasteiger partial charge < -0.3 is 19.6 Å². The van der Waals surface area contributed by atoms with Gasteiger partial charge in [0.25, 0.3) is 5.91 Å². The van der Waals surface area contributed by atoms with Crippen LogP contribution in [0.15, 0.2) is 22.6 Å². The standard InChI is InChI=1S/C22H30N2O4/c1-14-17-13-16(27-2)7-8-20(17)28-21(14)22(26)23-15-9-11-24(12-10-15)18-5-3-4-6-19(18)25/h7-8,13,15,18-19,25H,3-6,9-12H2,1-2H3,(H,23,26). The second-order valence-corrected chi connectivity index (χ2v) is 8.12. The van der Waals surface area contributed by atoms with Gasteiger partial charge in [-0.15, -0.1) is 0 Å². The zero-order valence-corrected chi connectivity index (χ0v) is 16.7. The number of piperidine rings is 1. The van der Waals surface area contributed by atoms with E-state index in [9.17, 15) is 9.90 Å². The average Bonchev–Trinajstić information content (AvgIpc) is 3.05. The number of nitrogens with zero attached hydrogens (tertiary/aromatic N) is 1. The number of hydrogen-bond acceptors (Lipinski definition) is 5. The fraction of sp³-hybridized carbons (Fsp3) is 0.591. The summed E-state index contributed by atoms with van der Waals surface area (Å²) in [7, 11) is 1.63. The molecule has 1 aliphatic heterocycles. The van der Waals surface area contributed by atoms with Crippen molar-refractivity contribution in [3.05, 3.63) is 29.5 Å². The molecule has 152 valence electrons. The van der Waals surface area contributed by atoms with Crippen LogP contribution in [-0.2, 0) is 0 Å². The Labute approximate surface area is 165 Å². The third-order valence-corrected chi connectivity index (χ3v) is 6.38. The summed E-state index contributed by atoms with van der Waals surface area (Å²) < 4.78 is 11.1. The number of nitrogens with one attached hydrogen (secondary N) is 1. The van der Waals surface area contributed by atoms with Gasteiger partial charge in [-0.3, -0.25) is 9.69 Å². The van der Waals surface area contributed by atoms with E-state index in [4.69, 9.17) is 9.15 Å². The number of methoxy groups -OCH3 is 1. The van der Waals surface area contributed by atoms with Crippen LogP contribution in [0.25, 0.3) is 11.0 Å². The molecule has 2 aromatic rings. The molecule has 2 atom stereocenters. The molecule has 1 aromatic heterocycles. The van der Waals surface area contributed by atoms with Crippen molar-refractivity contribution >= 4 is 16.9 Å². The summed E-state index contributed by atoms with van der Waals surface area (Å²) in [5.41, 5.74) is 1.54. The molecule has 1 saturated heterocycles. The maximum Gasteiger partial charge on any atom is 0.287 e. The van der Waals surface area contributed by atoms with Crippen LogP contribution in [0.3, 0.4) is 0 Å². The Hall–Kier alpha value is -2.05. The van der Waals surface area contributed by atoms with Crippen LogP contribution >= 0.6 is 0 Å².